The Bertz CT molecular complexity index is 3560. The average Bonchev–Trinajstić information content (AvgIpc) is 0.782. The zero-order chi connectivity index (χ0) is 64.2. The van der Waals surface area contributed by atoms with Crippen LogP contribution < -0.4 is 5.43 Å². The standard InChI is InChI=1S/C41H40F5N3O3S/c1-27-6-15-36-34(22-27)37(50)23-39(53-26-31-4-3-5-35(42)40(31)43)49(36)25-38(51)48(33-16-18-47(19-17-33)20-21-52-2)24-28-7-9-29(10-8-28)30-11-13-32(14-12-30)41(44,45)46/h3-15,22-23,33H,16-21,24-26H2,1-2H3/i3D,4D,5D,6D,7D,8D,9D,10D,11D,12D,13D,14D,15D,16D2,17D2,18D2,19D2,20D2,22D,23D,24D2,26D2,33D. The fraction of sp³-hybridized carbons (Fsp3) is 0.317. The summed E-state index contributed by atoms with van der Waals surface area (Å²) in [5.41, 5.74) is -16.1. The molecule has 0 aliphatic carbocycles. The number of hydrogen-bond acceptors (Lipinski definition) is 5. The van der Waals surface area contributed by atoms with Gasteiger partial charge < -0.3 is 19.1 Å². The Morgan fingerprint density at radius 1 is 1.02 bits per heavy atom. The van der Waals surface area contributed by atoms with Crippen molar-refractivity contribution in [3.8, 4) is 11.1 Å². The van der Waals surface area contributed by atoms with Crippen molar-refractivity contribution in [2.24, 2.45) is 0 Å². The number of ether oxygens (including phenoxy) is 1. The molecule has 0 spiro atoms. The molecule has 12 heteroatoms. The monoisotopic (exact) mass is 779 g/mol. The second-order valence-corrected chi connectivity index (χ2v) is 11.0. The summed E-state index contributed by atoms with van der Waals surface area (Å²) in [5, 5.41) is -2.62. The molecule has 0 saturated carbocycles. The molecule has 1 amide bonds. The molecule has 0 atom stereocenters. The van der Waals surface area contributed by atoms with Crippen molar-refractivity contribution in [3.05, 3.63) is 135 Å². The summed E-state index contributed by atoms with van der Waals surface area (Å²) < 4.78 is 343. The van der Waals surface area contributed by atoms with Gasteiger partial charge in [0, 0.05) is 78.3 Å². The van der Waals surface area contributed by atoms with E-state index in [0.717, 1.165) is 14.0 Å². The van der Waals surface area contributed by atoms with Crippen molar-refractivity contribution in [3.63, 3.8) is 0 Å². The Hall–Kier alpha value is -4.52. The maximum absolute atomic E-state index is 15.9. The lowest BCUT2D eigenvalue weighted by Gasteiger charge is -2.39. The van der Waals surface area contributed by atoms with Crippen LogP contribution in [0.5, 0.6) is 0 Å². The number of rotatable bonds is 12. The van der Waals surface area contributed by atoms with E-state index in [4.69, 9.17) is 36.3 Å². The number of alkyl halides is 3. The molecular formula is C41H40F5N3O3S. The molecule has 5 aromatic rings. The number of halogens is 5. The molecule has 0 N–H and O–H groups in total. The molecule has 6 nitrogen and oxygen atoms in total. The van der Waals surface area contributed by atoms with Gasteiger partial charge in [0.2, 0.25) is 5.91 Å². The van der Waals surface area contributed by atoms with Crippen LogP contribution in [-0.4, -0.2) is 59.5 Å². The molecule has 1 saturated heterocycles. The topological polar surface area (TPSA) is 54.8 Å². The second kappa shape index (κ2) is 16.7. The van der Waals surface area contributed by atoms with E-state index in [0.29, 0.717) is 0 Å². The van der Waals surface area contributed by atoms with Gasteiger partial charge in [-0.1, -0.05) is 59.9 Å². The smallest absolute Gasteiger partial charge is 0.383 e. The van der Waals surface area contributed by atoms with Crippen molar-refractivity contribution in [1.82, 2.24) is 14.4 Å². The number of carbonyl (C=O) groups excluding carboxylic acids is 1. The van der Waals surface area contributed by atoms with Crippen LogP contribution in [0.4, 0.5) is 22.0 Å². The Morgan fingerprint density at radius 3 is 2.36 bits per heavy atom. The highest BCUT2D eigenvalue weighted by atomic mass is 32.2. The number of piperidine rings is 1. The highest BCUT2D eigenvalue weighted by molar-refractivity contribution is 7.98. The van der Waals surface area contributed by atoms with Crippen LogP contribution in [0.2, 0.25) is 0 Å². The molecule has 0 radical (unpaired) electrons. The highest BCUT2D eigenvalue weighted by Gasteiger charge is 2.31. The third-order valence-corrected chi connectivity index (χ3v) is 7.44. The second-order valence-electron chi connectivity index (χ2n) is 10.2. The fourth-order valence-electron chi connectivity index (χ4n) is 4.19. The largest absolute Gasteiger partial charge is 0.416 e. The molecule has 53 heavy (non-hydrogen) atoms. The molecule has 0 bridgehead atoms. The van der Waals surface area contributed by atoms with Gasteiger partial charge in [0.15, 0.2) is 17.1 Å². The summed E-state index contributed by atoms with van der Waals surface area (Å²) in [6.45, 7) is -20.4. The Morgan fingerprint density at radius 2 is 1.70 bits per heavy atom. The van der Waals surface area contributed by atoms with Crippen LogP contribution in [0.3, 0.4) is 0 Å². The lowest BCUT2D eigenvalue weighted by molar-refractivity contribution is -0.137. The van der Waals surface area contributed by atoms with Crippen LogP contribution in [0.1, 0.15) is 76.1 Å². The minimum atomic E-state index is -5.59. The maximum Gasteiger partial charge on any atom is 0.416 e. The van der Waals surface area contributed by atoms with Crippen molar-refractivity contribution < 1.29 is 72.6 Å². The zero-order valence-corrected chi connectivity index (χ0v) is 27.6. The Kier molecular flexibility index (Phi) is 4.93. The van der Waals surface area contributed by atoms with Gasteiger partial charge in [-0.2, -0.15) is 13.2 Å². The average molecular weight is 780 g/mol. The van der Waals surface area contributed by atoms with Gasteiger partial charge in [0.05, 0.1) is 47.4 Å². The van der Waals surface area contributed by atoms with E-state index in [1.54, 1.807) is 0 Å². The number of thioether (sulfide) groups is 1. The number of benzene rings is 4. The number of amides is 1. The van der Waals surface area contributed by atoms with Gasteiger partial charge in [-0.05, 0) is 66.6 Å². The van der Waals surface area contributed by atoms with E-state index in [-0.39, 0.29) is 4.57 Å². The normalized spacial score (nSPS) is 27.5. The summed E-state index contributed by atoms with van der Waals surface area (Å²) in [7, 11) is 0.770. The van der Waals surface area contributed by atoms with Gasteiger partial charge in [-0.25, -0.2) is 8.78 Å². The molecule has 2 heterocycles. The number of likely N-dealkylation sites (tertiary alicyclic amines) is 1. The van der Waals surface area contributed by atoms with Gasteiger partial charge in [-0.3, -0.25) is 9.59 Å². The molecule has 278 valence electrons. The molecule has 0 unspecified atom stereocenters. The number of aromatic nitrogens is 1. The first kappa shape index (κ1) is 15.7. The number of hydrogen-bond donors (Lipinski definition) is 0. The summed E-state index contributed by atoms with van der Waals surface area (Å²) in [6, 6.07) is -29.0. The van der Waals surface area contributed by atoms with Crippen LogP contribution in [0.25, 0.3) is 22.0 Å². The van der Waals surface area contributed by atoms with Crippen LogP contribution in [0, 0.1) is 18.6 Å². The van der Waals surface area contributed by atoms with Crippen molar-refractivity contribution in [1.29, 1.82) is 0 Å². The number of nitrogens with zero attached hydrogens (tertiary/aromatic N) is 3. The van der Waals surface area contributed by atoms with Gasteiger partial charge >= 0.3 is 6.18 Å². The summed E-state index contributed by atoms with van der Waals surface area (Å²) >= 11 is -0.666. The first-order valence-electron chi connectivity index (χ1n) is 29.5. The number of fused-ring (bicyclic) bond motifs is 1. The summed E-state index contributed by atoms with van der Waals surface area (Å²) in [5.74, 6) is -7.13. The highest BCUT2D eigenvalue weighted by Crippen LogP contribution is 2.32. The first-order valence-corrected chi connectivity index (χ1v) is 15.3. The van der Waals surface area contributed by atoms with E-state index < -0.39 is 254 Å². The minimum Gasteiger partial charge on any atom is -0.383 e. The number of carbonyl (C=O) groups is 1. The first-order chi connectivity index (χ1) is 37.3. The quantitative estimate of drug-likeness (QED) is 0.0938. The van der Waals surface area contributed by atoms with Crippen molar-refractivity contribution in [2.75, 3.05) is 33.2 Å². The Labute approximate surface area is 351 Å². The van der Waals surface area contributed by atoms with Crippen molar-refractivity contribution in [2.45, 2.75) is 55.6 Å². The van der Waals surface area contributed by atoms with Crippen LogP contribution >= 0.6 is 11.8 Å². The molecule has 6 rings (SSSR count). The van der Waals surface area contributed by atoms with E-state index in [1.807, 2.05) is 0 Å². The SMILES string of the molecule is [2H]c1c([2H])c(F)c(F)c(C([2H])([2H])Sc2c([2H])c(=O)c3c([2H])c(C)c([2H])c([2H])c3n2CC(=O)N(C([2H])([2H])c2c([2H])c([2H])c(-c3c([2H])c([2H])c(C(F)(F)F)c([2H])c3[2H])c([2H])c2[2H])C2([2H])C([2H])([2H])C([2H])([2H])N(C([2H])([2H])COC)C([2H])([2H])C2([2H])[2H])c1[2H]. The zero-order valence-electron chi connectivity index (χ0n) is 56.8. The number of pyridine rings is 1. The molecule has 4 aromatic carbocycles. The molecule has 1 aliphatic heterocycles. The third-order valence-electron chi connectivity index (χ3n) is 6.61. The maximum atomic E-state index is 15.9. The summed E-state index contributed by atoms with van der Waals surface area (Å²) in [6.07, 6.45) is -15.4. The predicted molar refractivity (Wildman–Crippen MR) is 198 cm³/mol. The molecule has 1 aliphatic rings. The predicted octanol–water partition coefficient (Wildman–Crippen LogP) is 8.71. The van der Waals surface area contributed by atoms with Gasteiger partial charge in [0.1, 0.15) is 6.54 Å². The molecular weight excluding hydrogens is 710 g/mol. The number of methoxy groups -OCH3 is 1. The minimum absolute atomic E-state index is 0.0263. The van der Waals surface area contributed by atoms with E-state index in [1.165, 1.54) is 0 Å². The molecule has 1 fully saturated rings. The van der Waals surface area contributed by atoms with Gasteiger partial charge in [0.25, 0.3) is 0 Å². The van der Waals surface area contributed by atoms with Gasteiger partial charge in [-0.15, -0.1) is 11.8 Å². The van der Waals surface area contributed by atoms with E-state index in [2.05, 4.69) is 0 Å². The van der Waals surface area contributed by atoms with Crippen molar-refractivity contribution >= 4 is 28.6 Å². The third kappa shape index (κ3) is 9.17. The lowest BCUT2D eigenvalue weighted by Crippen LogP contribution is -2.48. The molecule has 1 aromatic heterocycles. The fourth-order valence-corrected chi connectivity index (χ4v) is 4.94. The van der Waals surface area contributed by atoms with Crippen LogP contribution in [0.15, 0.2) is 100 Å². The van der Waals surface area contributed by atoms with E-state index in [9.17, 15) is 27.6 Å². The lowest BCUT2D eigenvalue weighted by atomic mass is 10.00. The Balaban J connectivity index is 1.83. The summed E-state index contributed by atoms with van der Waals surface area (Å²) in [4.78, 5) is 28.2. The van der Waals surface area contributed by atoms with E-state index >= 15 is 13.6 Å². The van der Waals surface area contributed by atoms with Crippen LogP contribution in [-0.2, 0) is 34.5 Å².